The topological polar surface area (TPSA) is 61.4 Å². The van der Waals surface area contributed by atoms with Gasteiger partial charge in [-0.25, -0.2) is 0 Å². The van der Waals surface area contributed by atoms with Gasteiger partial charge in [0.05, 0.1) is 0 Å². The van der Waals surface area contributed by atoms with E-state index in [4.69, 9.17) is 0 Å². The van der Waals surface area contributed by atoms with Gasteiger partial charge in [0.15, 0.2) is 0 Å². The lowest BCUT2D eigenvalue weighted by atomic mass is 10.1. The molecule has 5 nitrogen and oxygen atoms in total. The number of likely N-dealkylation sites (tertiary alicyclic amines) is 1. The van der Waals surface area contributed by atoms with Gasteiger partial charge in [-0.1, -0.05) is 29.8 Å². The van der Waals surface area contributed by atoms with Gasteiger partial charge >= 0.3 is 0 Å². The first-order chi connectivity index (χ1) is 10.5. The molecule has 0 radical (unpaired) electrons. The molecular weight excluding hydrogens is 314 g/mol. The summed E-state index contributed by atoms with van der Waals surface area (Å²) in [6, 6.07) is 7.95. The van der Waals surface area contributed by atoms with E-state index in [0.29, 0.717) is 25.9 Å². The van der Waals surface area contributed by atoms with Crippen molar-refractivity contribution in [2.75, 3.05) is 13.6 Å². The van der Waals surface area contributed by atoms with Crippen LogP contribution in [0.4, 0.5) is 0 Å². The average Bonchev–Trinajstić information content (AvgIpc) is 2.88. The first-order valence-corrected chi connectivity index (χ1v) is 7.81. The Balaban J connectivity index is 0.00000264. The summed E-state index contributed by atoms with van der Waals surface area (Å²) >= 11 is 0. The lowest BCUT2D eigenvalue weighted by molar-refractivity contribution is -0.135. The summed E-state index contributed by atoms with van der Waals surface area (Å²) in [5, 5.41) is 6.01. The van der Waals surface area contributed by atoms with E-state index in [2.05, 4.69) is 10.6 Å². The minimum atomic E-state index is -0.349. The number of aryl methyl sites for hydroxylation is 1. The third kappa shape index (κ3) is 5.22. The third-order valence-corrected chi connectivity index (χ3v) is 4.18. The quantitative estimate of drug-likeness (QED) is 0.828. The van der Waals surface area contributed by atoms with Crippen molar-refractivity contribution in [1.29, 1.82) is 0 Å². The Hall–Kier alpha value is -1.59. The van der Waals surface area contributed by atoms with Crippen molar-refractivity contribution in [2.24, 2.45) is 0 Å². The highest BCUT2D eigenvalue weighted by atomic mass is 35.5. The van der Waals surface area contributed by atoms with E-state index in [1.807, 2.05) is 45.2 Å². The van der Waals surface area contributed by atoms with Gasteiger partial charge in [0, 0.05) is 25.6 Å². The zero-order chi connectivity index (χ0) is 16.1. The summed E-state index contributed by atoms with van der Waals surface area (Å²) in [6.07, 6.45) is 1.05. The van der Waals surface area contributed by atoms with Gasteiger partial charge in [0.25, 0.3) is 0 Å². The molecule has 6 heteroatoms. The van der Waals surface area contributed by atoms with Crippen LogP contribution in [0.5, 0.6) is 0 Å². The Morgan fingerprint density at radius 3 is 2.61 bits per heavy atom. The van der Waals surface area contributed by atoms with E-state index in [1.165, 1.54) is 5.56 Å². The summed E-state index contributed by atoms with van der Waals surface area (Å²) in [5.41, 5.74) is 2.24. The van der Waals surface area contributed by atoms with E-state index < -0.39 is 0 Å². The van der Waals surface area contributed by atoms with Crippen LogP contribution in [0, 0.1) is 6.92 Å². The third-order valence-electron chi connectivity index (χ3n) is 4.18. The fourth-order valence-electron chi connectivity index (χ4n) is 2.57. The SMILES string of the molecule is CNC(C)CNC(=O)C1CCC(=O)N1Cc1ccc(C)cc1.Cl. The second-order valence-corrected chi connectivity index (χ2v) is 6.00. The molecule has 1 fully saturated rings. The summed E-state index contributed by atoms with van der Waals surface area (Å²) < 4.78 is 0. The molecule has 0 aromatic heterocycles. The molecule has 2 rings (SSSR count). The summed E-state index contributed by atoms with van der Waals surface area (Å²) in [4.78, 5) is 26.1. The highest BCUT2D eigenvalue weighted by Crippen LogP contribution is 2.21. The van der Waals surface area contributed by atoms with Crippen LogP contribution in [0.15, 0.2) is 24.3 Å². The fourth-order valence-corrected chi connectivity index (χ4v) is 2.57. The van der Waals surface area contributed by atoms with E-state index in [0.717, 1.165) is 5.56 Å². The average molecular weight is 340 g/mol. The number of nitrogens with zero attached hydrogens (tertiary/aromatic N) is 1. The number of nitrogens with one attached hydrogen (secondary N) is 2. The maximum Gasteiger partial charge on any atom is 0.242 e. The Bertz CT molecular complexity index is 533. The molecule has 0 spiro atoms. The number of carbonyl (C=O) groups is 2. The molecule has 2 amide bonds. The zero-order valence-electron chi connectivity index (χ0n) is 14.0. The van der Waals surface area contributed by atoms with Crippen LogP contribution in [0.3, 0.4) is 0 Å². The summed E-state index contributed by atoms with van der Waals surface area (Å²) in [6.45, 7) is 5.10. The van der Waals surface area contributed by atoms with Gasteiger partial charge in [-0.15, -0.1) is 12.4 Å². The lowest BCUT2D eigenvalue weighted by Crippen LogP contribution is -2.47. The van der Waals surface area contributed by atoms with Gasteiger partial charge < -0.3 is 15.5 Å². The molecule has 2 unspecified atom stereocenters. The molecule has 1 aliphatic heterocycles. The first kappa shape index (κ1) is 19.5. The predicted octanol–water partition coefficient (Wildman–Crippen LogP) is 1.63. The molecule has 1 aromatic carbocycles. The molecule has 23 heavy (non-hydrogen) atoms. The second-order valence-electron chi connectivity index (χ2n) is 6.00. The molecule has 1 aromatic rings. The van der Waals surface area contributed by atoms with Crippen LogP contribution in [0.2, 0.25) is 0 Å². The molecule has 2 N–H and O–H groups in total. The van der Waals surface area contributed by atoms with E-state index in [9.17, 15) is 9.59 Å². The number of amides is 2. The van der Waals surface area contributed by atoms with Crippen molar-refractivity contribution in [1.82, 2.24) is 15.5 Å². The number of halogens is 1. The van der Waals surface area contributed by atoms with Crippen molar-refractivity contribution >= 4 is 24.2 Å². The van der Waals surface area contributed by atoms with Gasteiger partial charge in [-0.2, -0.15) is 0 Å². The van der Waals surface area contributed by atoms with Crippen LogP contribution in [-0.4, -0.2) is 42.4 Å². The van der Waals surface area contributed by atoms with E-state index >= 15 is 0 Å². The maximum atomic E-state index is 12.3. The predicted molar refractivity (Wildman–Crippen MR) is 93.5 cm³/mol. The minimum Gasteiger partial charge on any atom is -0.353 e. The Kier molecular flexibility index (Phi) is 7.52. The fraction of sp³-hybridized carbons (Fsp3) is 0.529. The zero-order valence-corrected chi connectivity index (χ0v) is 14.8. The van der Waals surface area contributed by atoms with Crippen LogP contribution in [-0.2, 0) is 16.1 Å². The standard InChI is InChI=1S/C17H25N3O2.ClH/c1-12-4-6-14(7-5-12)11-20-15(8-9-16(20)21)17(22)19-10-13(2)18-3;/h4-7,13,15,18H,8-11H2,1-3H3,(H,19,22);1H. The van der Waals surface area contributed by atoms with Gasteiger partial charge in [0.2, 0.25) is 11.8 Å². The Labute approximate surface area is 144 Å². The number of carbonyl (C=O) groups excluding carboxylic acids is 2. The van der Waals surface area contributed by atoms with Crippen LogP contribution < -0.4 is 10.6 Å². The lowest BCUT2D eigenvalue weighted by Gasteiger charge is -2.25. The van der Waals surface area contributed by atoms with E-state index in [1.54, 1.807) is 4.90 Å². The van der Waals surface area contributed by atoms with Gasteiger partial charge in [0.1, 0.15) is 6.04 Å². The number of benzene rings is 1. The highest BCUT2D eigenvalue weighted by molar-refractivity contribution is 5.90. The molecule has 1 heterocycles. The smallest absolute Gasteiger partial charge is 0.242 e. The van der Waals surface area contributed by atoms with Crippen LogP contribution in [0.25, 0.3) is 0 Å². The maximum absolute atomic E-state index is 12.3. The number of likely N-dealkylation sites (N-methyl/N-ethyl adjacent to an activating group) is 1. The van der Waals surface area contributed by atoms with Crippen LogP contribution in [0.1, 0.15) is 30.9 Å². The van der Waals surface area contributed by atoms with Crippen molar-refractivity contribution in [3.8, 4) is 0 Å². The monoisotopic (exact) mass is 339 g/mol. The molecule has 1 aliphatic rings. The number of hydrogen-bond acceptors (Lipinski definition) is 3. The Morgan fingerprint density at radius 1 is 1.35 bits per heavy atom. The van der Waals surface area contributed by atoms with Crippen LogP contribution >= 0.6 is 12.4 Å². The van der Waals surface area contributed by atoms with Crippen molar-refractivity contribution in [3.63, 3.8) is 0 Å². The van der Waals surface area contributed by atoms with Gasteiger partial charge in [-0.3, -0.25) is 9.59 Å². The molecule has 2 atom stereocenters. The minimum absolute atomic E-state index is 0. The molecule has 1 saturated heterocycles. The largest absolute Gasteiger partial charge is 0.353 e. The summed E-state index contributed by atoms with van der Waals surface area (Å²) in [5.74, 6) is 0.00227. The second kappa shape index (κ2) is 8.89. The molecular formula is C17H26ClN3O2. The first-order valence-electron chi connectivity index (χ1n) is 7.81. The van der Waals surface area contributed by atoms with E-state index in [-0.39, 0.29) is 36.3 Å². The summed E-state index contributed by atoms with van der Waals surface area (Å²) in [7, 11) is 1.86. The normalized spacial score (nSPS) is 18.5. The highest BCUT2D eigenvalue weighted by Gasteiger charge is 2.35. The Morgan fingerprint density at radius 2 is 2.00 bits per heavy atom. The molecule has 0 aliphatic carbocycles. The number of hydrogen-bond donors (Lipinski definition) is 2. The van der Waals surface area contributed by atoms with Gasteiger partial charge in [-0.05, 0) is 32.9 Å². The van der Waals surface area contributed by atoms with Crippen molar-refractivity contribution in [2.45, 2.75) is 45.3 Å². The van der Waals surface area contributed by atoms with Crippen molar-refractivity contribution in [3.05, 3.63) is 35.4 Å². The number of rotatable bonds is 6. The van der Waals surface area contributed by atoms with Crippen molar-refractivity contribution < 1.29 is 9.59 Å². The molecule has 0 saturated carbocycles. The molecule has 0 bridgehead atoms. The molecule has 128 valence electrons.